The summed E-state index contributed by atoms with van der Waals surface area (Å²) in [6.45, 7) is 1.64. The van der Waals surface area contributed by atoms with Crippen LogP contribution >= 0.6 is 22.6 Å². The van der Waals surface area contributed by atoms with E-state index in [4.69, 9.17) is 14.6 Å². The minimum Gasteiger partial charge on any atom is -0.490 e. The number of carboxylic acid groups (broad SMARTS) is 1. The lowest BCUT2D eigenvalue weighted by molar-refractivity contribution is -0.139. The molecule has 0 radical (unpaired) electrons. The van der Waals surface area contributed by atoms with E-state index in [2.05, 4.69) is 0 Å². The van der Waals surface area contributed by atoms with Gasteiger partial charge in [-0.15, -0.1) is 0 Å². The Balaban J connectivity index is 2.48. The van der Waals surface area contributed by atoms with E-state index < -0.39 is 18.4 Å². The van der Waals surface area contributed by atoms with Crippen LogP contribution in [0.4, 0.5) is 4.39 Å². The molecule has 0 aliphatic carbocycles. The number of hydrogen-bond acceptors (Lipinski definition) is 4. The first-order valence-electron chi connectivity index (χ1n) is 7.63. The Bertz CT molecular complexity index is 890. The van der Waals surface area contributed by atoms with Gasteiger partial charge in [0.2, 0.25) is 0 Å². The van der Waals surface area contributed by atoms with Gasteiger partial charge in [-0.25, -0.2) is 9.18 Å². The number of nitriles is 1. The van der Waals surface area contributed by atoms with E-state index in [0.29, 0.717) is 27.2 Å². The fourth-order valence-corrected chi connectivity index (χ4v) is 3.01. The lowest BCUT2D eigenvalue weighted by Gasteiger charge is -2.14. The van der Waals surface area contributed by atoms with E-state index in [0.717, 1.165) is 0 Å². The summed E-state index contributed by atoms with van der Waals surface area (Å²) in [4.78, 5) is 10.7. The van der Waals surface area contributed by atoms with Crippen molar-refractivity contribution in [3.05, 3.63) is 56.9 Å². The number of carboxylic acids is 1. The number of halogens is 2. The second-order valence-corrected chi connectivity index (χ2v) is 6.26. The number of carbonyl (C=O) groups is 1. The minimum absolute atomic E-state index is 0.167. The van der Waals surface area contributed by atoms with Gasteiger partial charge in [-0.2, -0.15) is 5.26 Å². The van der Waals surface area contributed by atoms with Crippen molar-refractivity contribution in [3.8, 4) is 17.6 Å². The zero-order valence-corrected chi connectivity index (χ0v) is 16.0. The van der Waals surface area contributed by atoms with Crippen LogP contribution in [0.25, 0.3) is 11.6 Å². The summed E-state index contributed by atoms with van der Waals surface area (Å²) in [5.41, 5.74) is 0.982. The SMILES string of the molecule is CCOc1cc(C=C(C#N)c2ccccc2F)cc(I)c1OCC(=O)O. The van der Waals surface area contributed by atoms with Gasteiger partial charge in [-0.3, -0.25) is 0 Å². The number of rotatable bonds is 7. The first-order chi connectivity index (χ1) is 12.5. The maximum absolute atomic E-state index is 14.0. The number of nitrogens with zero attached hydrogens (tertiary/aromatic N) is 1. The molecule has 2 aromatic rings. The van der Waals surface area contributed by atoms with Gasteiger partial charge in [-0.05, 0) is 59.4 Å². The van der Waals surface area contributed by atoms with Gasteiger partial charge in [0.1, 0.15) is 5.82 Å². The maximum atomic E-state index is 14.0. The molecule has 0 saturated carbocycles. The molecule has 0 aliphatic heterocycles. The molecule has 2 rings (SSSR count). The molecule has 7 heteroatoms. The smallest absolute Gasteiger partial charge is 0.341 e. The molecule has 0 saturated heterocycles. The lowest BCUT2D eigenvalue weighted by atomic mass is 10.0. The van der Waals surface area contributed by atoms with Crippen LogP contribution in [-0.2, 0) is 4.79 Å². The number of benzene rings is 2. The van der Waals surface area contributed by atoms with Crippen LogP contribution in [0, 0.1) is 20.7 Å². The van der Waals surface area contributed by atoms with Gasteiger partial charge in [0.15, 0.2) is 18.1 Å². The maximum Gasteiger partial charge on any atom is 0.341 e. The van der Waals surface area contributed by atoms with Crippen LogP contribution < -0.4 is 9.47 Å². The molecule has 0 amide bonds. The number of allylic oxidation sites excluding steroid dienone is 1. The Hall–Kier alpha value is -2.60. The zero-order valence-electron chi connectivity index (χ0n) is 13.8. The third kappa shape index (κ3) is 4.95. The molecule has 26 heavy (non-hydrogen) atoms. The van der Waals surface area contributed by atoms with Crippen molar-refractivity contribution in [1.29, 1.82) is 5.26 Å². The molecule has 5 nitrogen and oxygen atoms in total. The summed E-state index contributed by atoms with van der Waals surface area (Å²) >= 11 is 1.99. The van der Waals surface area contributed by atoms with Crippen LogP contribution in [0.5, 0.6) is 11.5 Å². The Morgan fingerprint density at radius 2 is 2.08 bits per heavy atom. The fourth-order valence-electron chi connectivity index (χ4n) is 2.22. The third-order valence-corrected chi connectivity index (χ3v) is 4.07. The highest BCUT2D eigenvalue weighted by Crippen LogP contribution is 2.35. The van der Waals surface area contributed by atoms with E-state index in [-0.39, 0.29) is 11.1 Å². The van der Waals surface area contributed by atoms with Gasteiger partial charge in [0, 0.05) is 5.56 Å². The van der Waals surface area contributed by atoms with E-state index >= 15 is 0 Å². The summed E-state index contributed by atoms with van der Waals surface area (Å²) in [6.07, 6.45) is 1.55. The topological polar surface area (TPSA) is 79.5 Å². The molecule has 0 spiro atoms. The highest BCUT2D eigenvalue weighted by atomic mass is 127. The molecule has 0 aliphatic rings. The molecule has 0 fully saturated rings. The highest BCUT2D eigenvalue weighted by Gasteiger charge is 2.14. The Morgan fingerprint density at radius 1 is 1.35 bits per heavy atom. The first kappa shape index (κ1) is 19.7. The molecule has 0 aromatic heterocycles. The monoisotopic (exact) mass is 467 g/mol. The molecule has 0 atom stereocenters. The number of ether oxygens (including phenoxy) is 2. The van der Waals surface area contributed by atoms with Crippen molar-refractivity contribution >= 4 is 40.2 Å². The summed E-state index contributed by atoms with van der Waals surface area (Å²) in [5.74, 6) is -0.908. The van der Waals surface area contributed by atoms with Gasteiger partial charge >= 0.3 is 5.97 Å². The summed E-state index contributed by atoms with van der Waals surface area (Å²) in [5, 5.41) is 18.2. The highest BCUT2D eigenvalue weighted by molar-refractivity contribution is 14.1. The van der Waals surface area contributed by atoms with Gasteiger partial charge in [0.05, 0.1) is 21.8 Å². The second kappa shape index (κ2) is 9.20. The molecular formula is C19H15FINO4. The third-order valence-electron chi connectivity index (χ3n) is 3.27. The molecule has 0 unspecified atom stereocenters. The van der Waals surface area contributed by atoms with Crippen molar-refractivity contribution in [2.24, 2.45) is 0 Å². The van der Waals surface area contributed by atoms with Crippen LogP contribution in [0.3, 0.4) is 0 Å². The molecule has 134 valence electrons. The standard InChI is InChI=1S/C19H15FINO4/c1-2-25-17-9-12(8-16(21)19(17)26-11-18(23)24)7-13(10-22)14-5-3-4-6-15(14)20/h3-9H,2,11H2,1H3,(H,23,24). The van der Waals surface area contributed by atoms with E-state index in [1.54, 1.807) is 37.3 Å². The van der Waals surface area contributed by atoms with E-state index in [9.17, 15) is 14.4 Å². The van der Waals surface area contributed by atoms with E-state index in [1.807, 2.05) is 28.7 Å². The molecule has 0 heterocycles. The Labute approximate surface area is 163 Å². The molecular weight excluding hydrogens is 452 g/mol. The van der Waals surface area contributed by atoms with Crippen molar-refractivity contribution in [3.63, 3.8) is 0 Å². The van der Waals surface area contributed by atoms with Gasteiger partial charge in [-0.1, -0.05) is 18.2 Å². The zero-order chi connectivity index (χ0) is 19.1. The second-order valence-electron chi connectivity index (χ2n) is 5.10. The van der Waals surface area contributed by atoms with Crippen molar-refractivity contribution in [2.45, 2.75) is 6.92 Å². The fraction of sp³-hybridized carbons (Fsp3) is 0.158. The number of hydrogen-bond donors (Lipinski definition) is 1. The Morgan fingerprint density at radius 3 is 2.69 bits per heavy atom. The predicted molar refractivity (Wildman–Crippen MR) is 103 cm³/mol. The number of aliphatic carboxylic acids is 1. The van der Waals surface area contributed by atoms with Crippen LogP contribution in [-0.4, -0.2) is 24.3 Å². The summed E-state index contributed by atoms with van der Waals surface area (Å²) in [6, 6.07) is 11.4. The quantitative estimate of drug-likeness (QED) is 0.372. The normalized spacial score (nSPS) is 10.9. The van der Waals surface area contributed by atoms with Crippen LogP contribution in [0.2, 0.25) is 0 Å². The summed E-state index contributed by atoms with van der Waals surface area (Å²) < 4.78 is 25.4. The molecule has 1 N–H and O–H groups in total. The Kier molecular flexibility index (Phi) is 6.97. The first-order valence-corrected chi connectivity index (χ1v) is 8.71. The molecule has 2 aromatic carbocycles. The van der Waals surface area contributed by atoms with Crippen molar-refractivity contribution < 1.29 is 23.8 Å². The predicted octanol–water partition coefficient (Wildman–Crippen LogP) is 4.36. The minimum atomic E-state index is -1.10. The van der Waals surface area contributed by atoms with Gasteiger partial charge in [0.25, 0.3) is 0 Å². The summed E-state index contributed by atoms with van der Waals surface area (Å²) in [7, 11) is 0. The average molecular weight is 467 g/mol. The average Bonchev–Trinajstić information content (AvgIpc) is 2.59. The van der Waals surface area contributed by atoms with Gasteiger partial charge < -0.3 is 14.6 Å². The van der Waals surface area contributed by atoms with Crippen molar-refractivity contribution in [2.75, 3.05) is 13.2 Å². The van der Waals surface area contributed by atoms with Crippen LogP contribution in [0.15, 0.2) is 36.4 Å². The largest absolute Gasteiger partial charge is 0.490 e. The van der Waals surface area contributed by atoms with Crippen LogP contribution in [0.1, 0.15) is 18.1 Å². The molecule has 0 bridgehead atoms. The van der Waals surface area contributed by atoms with E-state index in [1.165, 1.54) is 12.1 Å². The van der Waals surface area contributed by atoms with Crippen molar-refractivity contribution in [1.82, 2.24) is 0 Å². The lowest BCUT2D eigenvalue weighted by Crippen LogP contribution is -2.11.